The van der Waals surface area contributed by atoms with Crippen LogP contribution in [-0.2, 0) is 21.7 Å². The molecule has 132 heavy (non-hydrogen) atoms. The Kier molecular flexibility index (Phi) is 40.6. The van der Waals surface area contributed by atoms with E-state index in [0.29, 0.717) is 0 Å². The minimum Gasteiger partial charge on any atom is -0.309 e. The van der Waals surface area contributed by atoms with Gasteiger partial charge in [-0.05, 0) is 160 Å². The van der Waals surface area contributed by atoms with E-state index in [0.717, 1.165) is 0 Å². The first-order valence-corrected chi connectivity index (χ1v) is 49.8. The van der Waals surface area contributed by atoms with Crippen LogP contribution in [0.5, 0.6) is 0 Å². The zero-order valence-electron chi connectivity index (χ0n) is 82.8. The molecule has 23 rings (SSSR count). The molecular weight excluding hydrogens is 1590 g/mol. The van der Waals surface area contributed by atoms with E-state index in [1.807, 2.05) is 138 Å². The number of rotatable bonds is 7. The predicted octanol–water partition coefficient (Wildman–Crippen LogP) is 38.1. The van der Waals surface area contributed by atoms with E-state index in [1.54, 1.807) is 0 Å². The first-order chi connectivity index (χ1) is 65.6. The van der Waals surface area contributed by atoms with Crippen LogP contribution < -0.4 is 0 Å². The van der Waals surface area contributed by atoms with Gasteiger partial charge in [-0.15, -0.1) is 0 Å². The van der Waals surface area contributed by atoms with Crippen molar-refractivity contribution in [3.8, 4) is 50.2 Å². The van der Waals surface area contributed by atoms with E-state index < -0.39 is 0 Å². The lowest BCUT2D eigenvalue weighted by atomic mass is 9.65. The van der Waals surface area contributed by atoms with Gasteiger partial charge >= 0.3 is 0 Å². The van der Waals surface area contributed by atoms with Crippen molar-refractivity contribution in [3.05, 3.63) is 533 Å². The van der Waals surface area contributed by atoms with Gasteiger partial charge in [-0.2, -0.15) is 0 Å². The molecule has 17 aromatic carbocycles. The van der Waals surface area contributed by atoms with Crippen LogP contribution in [-0.4, -0.2) is 4.57 Å². The zero-order valence-corrected chi connectivity index (χ0v) is 82.8. The van der Waals surface area contributed by atoms with Gasteiger partial charge < -0.3 is 4.57 Å². The van der Waals surface area contributed by atoms with Crippen LogP contribution in [0.15, 0.2) is 455 Å². The average Bonchev–Trinajstić information content (AvgIpc) is 1.52. The Hall–Kier alpha value is -13.5. The molecule has 0 radical (unpaired) electrons. The van der Waals surface area contributed by atoms with E-state index in [-0.39, 0.29) is 21.7 Å². The summed E-state index contributed by atoms with van der Waals surface area (Å²) in [5.74, 6) is 0. The maximum Gasteiger partial charge on any atom is 0.0725 e. The van der Waals surface area contributed by atoms with Gasteiger partial charge in [0.15, 0.2) is 0 Å². The molecule has 1 fully saturated rings. The maximum absolute atomic E-state index is 2.32. The second kappa shape index (κ2) is 52.4. The minimum absolute atomic E-state index is 0.180. The molecule has 1 saturated carbocycles. The third-order valence-corrected chi connectivity index (χ3v) is 24.6. The van der Waals surface area contributed by atoms with Gasteiger partial charge in [0.2, 0.25) is 0 Å². The molecule has 1 heterocycles. The number of para-hydroxylation sites is 3. The van der Waals surface area contributed by atoms with Crippen LogP contribution in [0, 0.1) is 0 Å². The van der Waals surface area contributed by atoms with Gasteiger partial charge in [0.1, 0.15) is 0 Å². The minimum atomic E-state index is -0.328. The van der Waals surface area contributed by atoms with Gasteiger partial charge in [0.25, 0.3) is 0 Å². The molecule has 5 aliphatic rings. The molecule has 1 nitrogen and oxygen atoms in total. The maximum atomic E-state index is 2.32. The van der Waals surface area contributed by atoms with Crippen molar-refractivity contribution in [1.82, 2.24) is 4.57 Å². The van der Waals surface area contributed by atoms with Gasteiger partial charge in [0, 0.05) is 21.9 Å². The second-order valence-corrected chi connectivity index (χ2v) is 30.2. The highest BCUT2D eigenvalue weighted by Crippen LogP contribution is 2.64. The highest BCUT2D eigenvalue weighted by Gasteiger charge is 2.53. The van der Waals surface area contributed by atoms with Crippen molar-refractivity contribution >= 4 is 21.8 Å². The van der Waals surface area contributed by atoms with Crippen molar-refractivity contribution in [2.75, 3.05) is 0 Å². The van der Waals surface area contributed by atoms with Crippen LogP contribution in [0.25, 0.3) is 72.0 Å². The quantitative estimate of drug-likeness (QED) is 0.140. The lowest BCUT2D eigenvalue weighted by Crippen LogP contribution is -2.30. The zero-order chi connectivity index (χ0) is 94.7. The topological polar surface area (TPSA) is 4.93 Å². The number of fused-ring (bicyclic) bond motifs is 23. The Bertz CT molecular complexity index is 5510. The number of hydrogen-bond acceptors (Lipinski definition) is 0. The number of hydrogen-bond donors (Lipinski definition) is 0. The molecule has 1 heteroatoms. The largest absolute Gasteiger partial charge is 0.309 e. The van der Waals surface area contributed by atoms with Crippen LogP contribution in [0.2, 0.25) is 0 Å². The Morgan fingerprint density at radius 1 is 0.174 bits per heavy atom. The van der Waals surface area contributed by atoms with Gasteiger partial charge in [-0.1, -0.05) is 588 Å². The summed E-state index contributed by atoms with van der Waals surface area (Å²) in [6, 6.07) is 164. The molecule has 0 amide bonds. The Morgan fingerprint density at radius 2 is 0.348 bits per heavy atom. The Balaban J connectivity index is 0.000000178. The first-order valence-electron chi connectivity index (χ1n) is 49.8. The molecule has 0 atom stereocenters. The van der Waals surface area contributed by atoms with E-state index in [1.165, 1.54) is 182 Å². The summed E-state index contributed by atoms with van der Waals surface area (Å²) in [6.45, 7) is 40.0. The predicted molar refractivity (Wildman–Crippen MR) is 581 cm³/mol. The van der Waals surface area contributed by atoms with E-state index in [9.17, 15) is 0 Å². The smallest absolute Gasteiger partial charge is 0.0725 e. The Labute approximate surface area is 796 Å². The van der Waals surface area contributed by atoms with Crippen LogP contribution in [0.4, 0.5) is 0 Å². The molecule has 18 aromatic rings. The summed E-state index contributed by atoms with van der Waals surface area (Å²) in [5.41, 5.74) is 33.6. The molecule has 674 valence electrons. The van der Waals surface area contributed by atoms with E-state index in [4.69, 9.17) is 0 Å². The molecule has 0 bridgehead atoms. The van der Waals surface area contributed by atoms with Crippen LogP contribution in [0.1, 0.15) is 248 Å². The first kappa shape index (κ1) is 102. The van der Waals surface area contributed by atoms with Crippen molar-refractivity contribution < 1.29 is 0 Å². The summed E-state index contributed by atoms with van der Waals surface area (Å²) >= 11 is 0. The standard InChI is InChI=1S/2C25H16.C25H20.C18H13N.C18H20.10C2H6/c2*1-5-13-21-17(9-1)18-10-2-6-14-22(18)25(21)23-15-7-3-11-19(23)20-12-4-8-16-24(20)25;1-5-13-21(14-6-1)25(22-15-7-2-8-16-22,23-17-9-3-10-18-23)24-19-11-4-12-20-24;1-2-8-14(9-3-1)19-17-12-6-4-10-15(17)16-11-5-7-13-18(16)19;1-4-10-16(11-5-1)18(14-8-3-9-15-18)17-12-6-2-7-13-17;10*1-2/h2*1-16H;1-20H;1-13H;1-2,4-7,10-13H,3,8-9,14-15H2;10*1-2H3. The molecular formula is C131H145N. The molecule has 0 aliphatic heterocycles. The van der Waals surface area contributed by atoms with Crippen molar-refractivity contribution in [3.63, 3.8) is 0 Å². The summed E-state index contributed by atoms with van der Waals surface area (Å²) in [5, 5.41) is 2.61. The summed E-state index contributed by atoms with van der Waals surface area (Å²) in [7, 11) is 0. The third kappa shape index (κ3) is 20.1. The fourth-order valence-electron chi connectivity index (χ4n) is 20.0. The van der Waals surface area contributed by atoms with Crippen molar-refractivity contribution in [1.29, 1.82) is 0 Å². The van der Waals surface area contributed by atoms with E-state index in [2.05, 4.69) is 460 Å². The third-order valence-electron chi connectivity index (χ3n) is 24.6. The van der Waals surface area contributed by atoms with Gasteiger partial charge in [-0.3, -0.25) is 0 Å². The lowest BCUT2D eigenvalue weighted by molar-refractivity contribution is 0.346. The summed E-state index contributed by atoms with van der Waals surface area (Å²) in [4.78, 5) is 0. The van der Waals surface area contributed by atoms with Gasteiger partial charge in [-0.25, -0.2) is 0 Å². The highest BCUT2D eigenvalue weighted by molar-refractivity contribution is 6.09. The van der Waals surface area contributed by atoms with Crippen molar-refractivity contribution in [2.24, 2.45) is 0 Å². The highest BCUT2D eigenvalue weighted by atomic mass is 15.0. The molecule has 2 spiro atoms. The molecule has 0 saturated heterocycles. The Morgan fingerprint density at radius 3 is 0.568 bits per heavy atom. The second-order valence-electron chi connectivity index (χ2n) is 30.2. The van der Waals surface area contributed by atoms with E-state index >= 15 is 0 Å². The van der Waals surface area contributed by atoms with Crippen LogP contribution in [0.3, 0.4) is 0 Å². The average molecular weight is 1730 g/mol. The number of nitrogens with zero attached hydrogens (tertiary/aromatic N) is 1. The fraction of sp³-hybridized carbons (Fsp3) is 0.221. The van der Waals surface area contributed by atoms with Crippen LogP contribution >= 0.6 is 0 Å². The molecule has 5 aliphatic carbocycles. The lowest BCUT2D eigenvalue weighted by Gasteiger charge is -2.38. The monoisotopic (exact) mass is 1730 g/mol. The normalized spacial score (nSPS) is 12.3. The fourth-order valence-corrected chi connectivity index (χ4v) is 20.0. The van der Waals surface area contributed by atoms with Crippen molar-refractivity contribution in [2.45, 2.75) is 192 Å². The molecule has 0 unspecified atom stereocenters. The van der Waals surface area contributed by atoms with Gasteiger partial charge in [0.05, 0.1) is 27.3 Å². The molecule has 1 aromatic heterocycles. The number of benzene rings is 17. The summed E-state index contributed by atoms with van der Waals surface area (Å²) in [6.07, 6.45) is 6.68. The number of aromatic nitrogens is 1. The summed E-state index contributed by atoms with van der Waals surface area (Å²) < 4.78 is 2.32. The SMILES string of the molecule is CC.CC.CC.CC.CC.CC.CC.CC.CC.CC.c1ccc(-n2c3ccccc3c3ccccc32)cc1.c1ccc(C(c2ccccc2)(c2ccccc2)c2ccccc2)cc1.c1ccc(C2(c3ccccc3)CCCCC2)cc1.c1ccc2c(c1)-c1ccccc1C21c2ccccc2-c2ccccc21.c1ccc2c(c1)-c1ccccc1C21c2ccccc2-c2ccccc21. The molecule has 0 N–H and O–H groups in total.